The highest BCUT2D eigenvalue weighted by atomic mass is 16.5. The molecule has 4 fully saturated rings. The Morgan fingerprint density at radius 3 is 2.81 bits per heavy atom. The highest BCUT2D eigenvalue weighted by Gasteiger charge is 2.66. The Balaban J connectivity index is 1.13. The molecule has 3 aliphatic carbocycles. The number of aromatic nitrogens is 1. The molecule has 6 atom stereocenters. The molecule has 2 aromatic rings. The number of aliphatic hydroxyl groups is 1. The second-order valence-electron chi connectivity index (χ2n) is 13.5. The van der Waals surface area contributed by atoms with Gasteiger partial charge in [0.2, 0.25) is 0 Å². The van der Waals surface area contributed by atoms with Crippen molar-refractivity contribution >= 4 is 10.8 Å². The van der Waals surface area contributed by atoms with Crippen molar-refractivity contribution in [1.82, 2.24) is 9.88 Å². The molecule has 0 radical (unpaired) electrons. The number of ether oxygens (including phenoxy) is 1. The van der Waals surface area contributed by atoms with Crippen LogP contribution >= 0.6 is 0 Å². The first kappa shape index (κ1) is 22.0. The van der Waals surface area contributed by atoms with Crippen molar-refractivity contribution < 1.29 is 9.84 Å². The molecule has 6 aliphatic rings. The lowest BCUT2D eigenvalue weighted by Gasteiger charge is -2.56. The smallest absolute Gasteiger partial charge is 0.0974 e. The van der Waals surface area contributed by atoms with Gasteiger partial charge in [-0.15, -0.1) is 0 Å². The Kier molecular flexibility index (Phi) is 4.34. The first-order valence-corrected chi connectivity index (χ1v) is 14.2. The standard InChI is InChI=1S/C32H38N2O2/c1-29(35)19-34(20-29)26-6-5-24-16-25-9-11-30(2)27(22-4-3-21-10-14-33-18-23(21)15-22)7-8-28(30)32(25)13-12-31(24,17-26)36-32/h3-4,9-10,14-16,18,26-28,35H,5-8,11-13,17,19-20H2,1-2H3/t26?,27?,28-,30-,31-,32-/m1/s1. The van der Waals surface area contributed by atoms with E-state index in [9.17, 15) is 5.11 Å². The Morgan fingerprint density at radius 1 is 1.06 bits per heavy atom. The van der Waals surface area contributed by atoms with Gasteiger partial charge in [0, 0.05) is 36.9 Å². The fourth-order valence-electron chi connectivity index (χ4n) is 9.65. The number of hydrogen-bond acceptors (Lipinski definition) is 4. The molecule has 2 spiro atoms. The minimum atomic E-state index is -0.503. The number of pyridine rings is 1. The molecule has 8 rings (SSSR count). The van der Waals surface area contributed by atoms with Crippen LogP contribution in [0.2, 0.25) is 0 Å². The molecule has 4 heteroatoms. The third-order valence-corrected chi connectivity index (χ3v) is 11.3. The lowest BCUT2D eigenvalue weighted by Crippen LogP contribution is -2.65. The summed E-state index contributed by atoms with van der Waals surface area (Å²) < 4.78 is 7.48. The average Bonchev–Trinajstić information content (AvgIpc) is 3.37. The molecular formula is C32H38N2O2. The quantitative estimate of drug-likeness (QED) is 0.578. The minimum absolute atomic E-state index is 0.0767. The number of β-amino-alcohol motifs (C(OH)–C–C–N with tert-alkyl or cyclic N) is 1. The summed E-state index contributed by atoms with van der Waals surface area (Å²) in [5, 5.41) is 12.9. The summed E-state index contributed by atoms with van der Waals surface area (Å²) in [6.07, 6.45) is 18.5. The first-order valence-electron chi connectivity index (χ1n) is 14.2. The van der Waals surface area contributed by atoms with E-state index in [2.05, 4.69) is 53.2 Å². The van der Waals surface area contributed by atoms with Crippen LogP contribution in [0.5, 0.6) is 0 Å². The van der Waals surface area contributed by atoms with Crippen molar-refractivity contribution in [1.29, 1.82) is 0 Å². The lowest BCUT2D eigenvalue weighted by molar-refractivity contribution is -0.157. The van der Waals surface area contributed by atoms with Gasteiger partial charge in [0.25, 0.3) is 0 Å². The summed E-state index contributed by atoms with van der Waals surface area (Å²) >= 11 is 0. The maximum atomic E-state index is 10.3. The van der Waals surface area contributed by atoms with Gasteiger partial charge >= 0.3 is 0 Å². The van der Waals surface area contributed by atoms with Gasteiger partial charge in [-0.1, -0.05) is 31.2 Å². The van der Waals surface area contributed by atoms with Crippen LogP contribution in [0, 0.1) is 11.3 Å². The Hall–Kier alpha value is -2.01. The Labute approximate surface area is 214 Å². The van der Waals surface area contributed by atoms with Gasteiger partial charge in [-0.2, -0.15) is 0 Å². The zero-order valence-corrected chi connectivity index (χ0v) is 21.7. The third-order valence-electron chi connectivity index (χ3n) is 11.3. The molecule has 4 nitrogen and oxygen atoms in total. The fourth-order valence-corrected chi connectivity index (χ4v) is 9.65. The van der Waals surface area contributed by atoms with Crippen LogP contribution in [-0.4, -0.2) is 50.9 Å². The van der Waals surface area contributed by atoms with Crippen LogP contribution in [0.3, 0.4) is 0 Å². The van der Waals surface area contributed by atoms with Crippen molar-refractivity contribution in [3.8, 4) is 0 Å². The normalized spacial score (nSPS) is 42.7. The molecule has 1 aromatic carbocycles. The maximum Gasteiger partial charge on any atom is 0.0974 e. The van der Waals surface area contributed by atoms with E-state index in [-0.39, 0.29) is 16.6 Å². The SMILES string of the molecule is CC1(O)CN(C2CCC3=CC4=CC[C@]5(C)C(c6ccc7ccncc7c6)CC[C@H]5[C@@]45CC[C@]3(C2)O5)C1. The highest BCUT2D eigenvalue weighted by Crippen LogP contribution is 2.69. The molecule has 1 aromatic heterocycles. The van der Waals surface area contributed by atoms with E-state index >= 15 is 0 Å². The highest BCUT2D eigenvalue weighted by molar-refractivity contribution is 5.82. The van der Waals surface area contributed by atoms with E-state index in [4.69, 9.17) is 4.74 Å². The van der Waals surface area contributed by atoms with Gasteiger partial charge in [0.15, 0.2) is 0 Å². The van der Waals surface area contributed by atoms with Crippen LogP contribution in [0.1, 0.15) is 76.7 Å². The predicted octanol–water partition coefficient (Wildman–Crippen LogP) is 5.91. The number of nitrogens with zero attached hydrogens (tertiary/aromatic N) is 2. The largest absolute Gasteiger partial charge is 0.388 e. The summed E-state index contributed by atoms with van der Waals surface area (Å²) in [6, 6.07) is 9.73. The Bertz CT molecular complexity index is 1320. The second kappa shape index (κ2) is 7.09. The molecule has 36 heavy (non-hydrogen) atoms. The van der Waals surface area contributed by atoms with Crippen molar-refractivity contribution in [2.45, 2.75) is 94.0 Å². The number of fused-ring (bicyclic) bond motifs is 2. The summed E-state index contributed by atoms with van der Waals surface area (Å²) in [7, 11) is 0. The number of hydrogen-bond donors (Lipinski definition) is 1. The van der Waals surface area contributed by atoms with Crippen molar-refractivity contribution in [3.05, 3.63) is 65.5 Å². The molecule has 4 heterocycles. The Morgan fingerprint density at radius 2 is 1.94 bits per heavy atom. The molecular weight excluding hydrogens is 444 g/mol. The van der Waals surface area contributed by atoms with Crippen LogP contribution in [0.25, 0.3) is 10.8 Å². The molecule has 1 N–H and O–H groups in total. The monoisotopic (exact) mass is 482 g/mol. The van der Waals surface area contributed by atoms with E-state index in [1.54, 1.807) is 5.57 Å². The van der Waals surface area contributed by atoms with Gasteiger partial charge in [0.05, 0.1) is 16.8 Å². The molecule has 0 amide bonds. The van der Waals surface area contributed by atoms with Gasteiger partial charge in [-0.3, -0.25) is 9.88 Å². The third kappa shape index (κ3) is 2.84. The van der Waals surface area contributed by atoms with E-state index in [1.807, 2.05) is 19.3 Å². The zero-order valence-electron chi connectivity index (χ0n) is 21.7. The van der Waals surface area contributed by atoms with Crippen LogP contribution in [-0.2, 0) is 4.74 Å². The molecule has 2 bridgehead atoms. The van der Waals surface area contributed by atoms with Crippen LogP contribution < -0.4 is 0 Å². The number of likely N-dealkylation sites (tertiary alicyclic amines) is 1. The second-order valence-corrected chi connectivity index (χ2v) is 13.5. The van der Waals surface area contributed by atoms with Crippen molar-refractivity contribution in [2.75, 3.05) is 13.1 Å². The molecule has 2 saturated heterocycles. The van der Waals surface area contributed by atoms with Gasteiger partial charge < -0.3 is 9.84 Å². The van der Waals surface area contributed by atoms with E-state index in [0.717, 1.165) is 45.2 Å². The summed E-state index contributed by atoms with van der Waals surface area (Å²) in [4.78, 5) is 6.89. The average molecular weight is 483 g/mol. The molecule has 188 valence electrons. The topological polar surface area (TPSA) is 45.6 Å². The maximum absolute atomic E-state index is 10.3. The van der Waals surface area contributed by atoms with Gasteiger partial charge in [-0.25, -0.2) is 0 Å². The minimum Gasteiger partial charge on any atom is -0.388 e. The van der Waals surface area contributed by atoms with Gasteiger partial charge in [0.1, 0.15) is 0 Å². The van der Waals surface area contributed by atoms with E-state index < -0.39 is 5.60 Å². The molecule has 2 saturated carbocycles. The molecule has 2 unspecified atom stereocenters. The first-order chi connectivity index (χ1) is 17.3. The summed E-state index contributed by atoms with van der Waals surface area (Å²) in [5.74, 6) is 1.13. The van der Waals surface area contributed by atoms with Gasteiger partial charge in [-0.05, 0) is 110 Å². The summed E-state index contributed by atoms with van der Waals surface area (Å²) in [6.45, 7) is 6.16. The van der Waals surface area contributed by atoms with Crippen LogP contribution in [0.4, 0.5) is 0 Å². The number of rotatable bonds is 2. The number of benzene rings is 1. The molecule has 3 aliphatic heterocycles. The number of allylic oxidation sites excluding steroid dienone is 1. The van der Waals surface area contributed by atoms with Crippen molar-refractivity contribution in [3.63, 3.8) is 0 Å². The van der Waals surface area contributed by atoms with Crippen molar-refractivity contribution in [2.24, 2.45) is 11.3 Å². The van der Waals surface area contributed by atoms with Crippen LogP contribution in [0.15, 0.2) is 60.0 Å². The summed E-state index contributed by atoms with van der Waals surface area (Å²) in [5.41, 5.74) is 4.08. The predicted molar refractivity (Wildman–Crippen MR) is 142 cm³/mol. The van der Waals surface area contributed by atoms with E-state index in [0.29, 0.717) is 17.9 Å². The zero-order chi connectivity index (χ0) is 24.3. The van der Waals surface area contributed by atoms with E-state index in [1.165, 1.54) is 41.2 Å². The lowest BCUT2D eigenvalue weighted by atomic mass is 9.58. The fraction of sp³-hybridized carbons (Fsp3) is 0.594.